The van der Waals surface area contributed by atoms with Gasteiger partial charge in [0.25, 0.3) is 5.91 Å². The van der Waals surface area contributed by atoms with Gasteiger partial charge in [0.15, 0.2) is 0 Å². The number of thiophene rings is 1. The molecule has 0 bridgehead atoms. The Hall–Kier alpha value is -1.94. The number of hydrogen-bond acceptors (Lipinski definition) is 6. The van der Waals surface area contributed by atoms with Gasteiger partial charge in [-0.15, -0.1) is 11.3 Å². The maximum Gasteiger partial charge on any atom is 0.265 e. The van der Waals surface area contributed by atoms with Gasteiger partial charge in [-0.2, -0.15) is 4.31 Å². The molecule has 162 valence electrons. The molecule has 1 aliphatic carbocycles. The summed E-state index contributed by atoms with van der Waals surface area (Å²) >= 11 is 1.54. The highest BCUT2D eigenvalue weighted by Crippen LogP contribution is 2.32. The summed E-state index contributed by atoms with van der Waals surface area (Å²) in [4.78, 5) is 14.8. The summed E-state index contributed by atoms with van der Waals surface area (Å²) in [5.74, 6) is 0.0373. The molecule has 2 aliphatic rings. The predicted octanol–water partition coefficient (Wildman–Crippen LogP) is 3.30. The second kappa shape index (κ2) is 9.05. The molecule has 9 heteroatoms. The van der Waals surface area contributed by atoms with Gasteiger partial charge in [0.05, 0.1) is 25.2 Å². The molecule has 0 atom stereocenters. The van der Waals surface area contributed by atoms with Crippen LogP contribution in [-0.4, -0.2) is 52.0 Å². The van der Waals surface area contributed by atoms with Gasteiger partial charge in [-0.3, -0.25) is 4.79 Å². The van der Waals surface area contributed by atoms with E-state index in [2.05, 4.69) is 5.32 Å². The van der Waals surface area contributed by atoms with Crippen LogP contribution >= 0.6 is 11.3 Å². The molecule has 0 saturated carbocycles. The van der Waals surface area contributed by atoms with Crippen LogP contribution in [-0.2, 0) is 27.6 Å². The molecule has 2 heterocycles. The van der Waals surface area contributed by atoms with Crippen LogP contribution in [0.15, 0.2) is 29.2 Å². The smallest absolute Gasteiger partial charge is 0.265 e. The van der Waals surface area contributed by atoms with Gasteiger partial charge in [-0.1, -0.05) is 6.42 Å². The van der Waals surface area contributed by atoms with Crippen molar-refractivity contribution in [1.29, 1.82) is 0 Å². The van der Waals surface area contributed by atoms with Crippen LogP contribution in [0.5, 0.6) is 5.75 Å². The van der Waals surface area contributed by atoms with Gasteiger partial charge < -0.3 is 14.8 Å². The molecule has 4 rings (SSSR count). The Morgan fingerprint density at radius 3 is 2.67 bits per heavy atom. The Balaban J connectivity index is 1.58. The molecule has 1 aromatic carbocycles. The third-order valence-corrected chi connectivity index (χ3v) is 8.64. The fourth-order valence-electron chi connectivity index (χ4n) is 3.85. The van der Waals surface area contributed by atoms with Crippen LogP contribution in [0.4, 0.5) is 5.69 Å². The van der Waals surface area contributed by atoms with Crippen LogP contribution in [0, 0.1) is 0 Å². The summed E-state index contributed by atoms with van der Waals surface area (Å²) < 4.78 is 38.2. The lowest BCUT2D eigenvalue weighted by Crippen LogP contribution is -2.40. The highest BCUT2D eigenvalue weighted by Gasteiger charge is 2.29. The Kier molecular flexibility index (Phi) is 6.43. The number of ether oxygens (including phenoxy) is 2. The molecule has 1 N–H and O–H groups in total. The van der Waals surface area contributed by atoms with Crippen molar-refractivity contribution < 1.29 is 22.7 Å². The molecule has 0 spiro atoms. The van der Waals surface area contributed by atoms with Gasteiger partial charge in [-0.25, -0.2) is 8.42 Å². The number of carbonyl (C=O) groups excluding carboxylic acids is 1. The number of sulfonamides is 1. The number of amides is 1. The number of rotatable bonds is 5. The first kappa shape index (κ1) is 21.3. The van der Waals surface area contributed by atoms with Gasteiger partial charge >= 0.3 is 0 Å². The van der Waals surface area contributed by atoms with E-state index < -0.39 is 10.0 Å². The summed E-state index contributed by atoms with van der Waals surface area (Å²) in [6.45, 7) is 1.31. The molecule has 30 heavy (non-hydrogen) atoms. The molecule has 0 radical (unpaired) electrons. The number of fused-ring (bicyclic) bond motifs is 1. The number of methoxy groups -OCH3 is 1. The minimum absolute atomic E-state index is 0.0478. The Morgan fingerprint density at radius 1 is 1.13 bits per heavy atom. The van der Waals surface area contributed by atoms with Crippen LogP contribution in [0.1, 0.15) is 39.4 Å². The number of hydrogen-bond donors (Lipinski definition) is 1. The molecule has 1 fully saturated rings. The number of aryl methyl sites for hydroxylation is 2. The lowest BCUT2D eigenvalue weighted by Gasteiger charge is -2.26. The van der Waals surface area contributed by atoms with Gasteiger partial charge in [0.2, 0.25) is 10.0 Å². The van der Waals surface area contributed by atoms with Crippen molar-refractivity contribution in [2.45, 2.75) is 37.0 Å². The maximum absolute atomic E-state index is 13.1. The molecule has 7 nitrogen and oxygen atoms in total. The van der Waals surface area contributed by atoms with Crippen LogP contribution in [0.25, 0.3) is 0 Å². The number of morpholine rings is 1. The number of nitrogens with zero attached hydrogens (tertiary/aromatic N) is 1. The SMILES string of the molecule is COc1ccc(NC(=O)c2cc3c(s2)CCCCC3)cc1S(=O)(=O)N1CCOCC1. The number of anilines is 1. The number of carbonyl (C=O) groups is 1. The number of benzene rings is 1. The van der Waals surface area contributed by atoms with Crippen LogP contribution < -0.4 is 10.1 Å². The molecular weight excluding hydrogens is 424 g/mol. The van der Waals surface area contributed by atoms with E-state index in [1.54, 1.807) is 12.1 Å². The molecule has 1 aliphatic heterocycles. The lowest BCUT2D eigenvalue weighted by molar-refractivity contribution is 0.0729. The Morgan fingerprint density at radius 2 is 1.90 bits per heavy atom. The first-order chi connectivity index (χ1) is 14.5. The van der Waals surface area contributed by atoms with Crippen molar-refractivity contribution in [3.8, 4) is 5.75 Å². The second-order valence-electron chi connectivity index (χ2n) is 7.46. The molecule has 2 aromatic rings. The average molecular weight is 451 g/mol. The molecule has 0 unspecified atom stereocenters. The predicted molar refractivity (Wildman–Crippen MR) is 116 cm³/mol. The number of nitrogens with one attached hydrogen (secondary N) is 1. The normalized spacial score (nSPS) is 17.8. The van der Waals surface area contributed by atoms with Crippen molar-refractivity contribution in [2.24, 2.45) is 0 Å². The highest BCUT2D eigenvalue weighted by molar-refractivity contribution is 7.89. The highest BCUT2D eigenvalue weighted by atomic mass is 32.2. The van der Waals surface area contributed by atoms with Gasteiger partial charge in [-0.05, 0) is 55.5 Å². The van der Waals surface area contributed by atoms with E-state index in [4.69, 9.17) is 9.47 Å². The molecular formula is C21H26N2O5S2. The van der Waals surface area contributed by atoms with Crippen LogP contribution in [0.3, 0.4) is 0 Å². The first-order valence-electron chi connectivity index (χ1n) is 10.2. The summed E-state index contributed by atoms with van der Waals surface area (Å²) in [7, 11) is -2.32. The third kappa shape index (κ3) is 4.39. The summed E-state index contributed by atoms with van der Waals surface area (Å²) in [5, 5.41) is 2.86. The second-order valence-corrected chi connectivity index (χ2v) is 10.5. The first-order valence-corrected chi connectivity index (χ1v) is 12.4. The minimum Gasteiger partial charge on any atom is -0.495 e. The van der Waals surface area contributed by atoms with Crippen molar-refractivity contribution in [3.63, 3.8) is 0 Å². The van der Waals surface area contributed by atoms with Crippen LogP contribution in [0.2, 0.25) is 0 Å². The topological polar surface area (TPSA) is 84.9 Å². The van der Waals surface area contributed by atoms with Crippen molar-refractivity contribution >= 4 is 33.0 Å². The monoisotopic (exact) mass is 450 g/mol. The van der Waals surface area contributed by atoms with E-state index in [-0.39, 0.29) is 16.6 Å². The minimum atomic E-state index is -3.75. The van der Waals surface area contributed by atoms with Crippen molar-refractivity contribution in [2.75, 3.05) is 38.7 Å². The van der Waals surface area contributed by atoms with Crippen molar-refractivity contribution in [1.82, 2.24) is 4.31 Å². The van der Waals surface area contributed by atoms with E-state index >= 15 is 0 Å². The fourth-order valence-corrected chi connectivity index (χ4v) is 6.59. The third-order valence-electron chi connectivity index (χ3n) is 5.48. The Bertz CT molecular complexity index is 1000. The zero-order chi connectivity index (χ0) is 21.1. The summed E-state index contributed by atoms with van der Waals surface area (Å²) in [6.07, 6.45) is 5.60. The van der Waals surface area contributed by atoms with Gasteiger partial charge in [0.1, 0.15) is 10.6 Å². The van der Waals surface area contributed by atoms with E-state index in [1.165, 1.54) is 45.7 Å². The molecule has 1 saturated heterocycles. The largest absolute Gasteiger partial charge is 0.495 e. The zero-order valence-corrected chi connectivity index (χ0v) is 18.6. The molecule has 1 aromatic heterocycles. The van der Waals surface area contributed by atoms with E-state index in [0.29, 0.717) is 36.9 Å². The standard InChI is InChI=1S/C21H26N2O5S2/c1-27-17-8-7-16(14-20(17)30(25,26)23-9-11-28-12-10-23)22-21(24)19-13-15-5-3-2-4-6-18(15)29-19/h7-8,13-14H,2-6,9-12H2,1H3,(H,22,24). The summed E-state index contributed by atoms with van der Waals surface area (Å²) in [6, 6.07) is 6.69. The Labute approximate surface area is 181 Å². The maximum atomic E-state index is 13.1. The fraction of sp³-hybridized carbons (Fsp3) is 0.476. The van der Waals surface area contributed by atoms with Gasteiger partial charge in [0, 0.05) is 23.7 Å². The zero-order valence-electron chi connectivity index (χ0n) is 17.0. The molecule has 1 amide bonds. The van der Waals surface area contributed by atoms with E-state index in [1.807, 2.05) is 6.07 Å². The van der Waals surface area contributed by atoms with Crippen molar-refractivity contribution in [3.05, 3.63) is 39.6 Å². The van der Waals surface area contributed by atoms with E-state index in [9.17, 15) is 13.2 Å². The average Bonchev–Trinajstić information content (AvgIpc) is 3.05. The summed E-state index contributed by atoms with van der Waals surface area (Å²) in [5.41, 5.74) is 1.70. The quantitative estimate of drug-likeness (QED) is 0.707. The lowest BCUT2D eigenvalue weighted by atomic mass is 10.1. The van der Waals surface area contributed by atoms with E-state index in [0.717, 1.165) is 25.7 Å².